The van der Waals surface area contributed by atoms with E-state index in [1.807, 2.05) is 6.07 Å². The van der Waals surface area contributed by atoms with Crippen molar-refractivity contribution < 1.29 is 23.5 Å². The Labute approximate surface area is 156 Å². The van der Waals surface area contributed by atoms with Crippen molar-refractivity contribution in [1.82, 2.24) is 0 Å². The van der Waals surface area contributed by atoms with Crippen LogP contribution in [0.4, 0.5) is 11.4 Å². The quantitative estimate of drug-likeness (QED) is 0.685. The number of carbonyl (C=O) groups is 2. The van der Waals surface area contributed by atoms with E-state index in [0.717, 1.165) is 0 Å². The zero-order chi connectivity index (χ0) is 19.4. The van der Waals surface area contributed by atoms with Crippen molar-refractivity contribution >= 4 is 34.2 Å². The van der Waals surface area contributed by atoms with Crippen LogP contribution in [-0.2, 0) is 4.79 Å². The lowest BCUT2D eigenvalue weighted by Gasteiger charge is -2.10. The molecule has 0 saturated carbocycles. The number of nitrogens with one attached hydrogen (secondary N) is 2. The molecule has 1 aromatic heterocycles. The predicted octanol–water partition coefficient (Wildman–Crippen LogP) is 4.05. The first-order valence-corrected chi connectivity index (χ1v) is 8.42. The maximum Gasteiger partial charge on any atom is 0.293 e. The maximum absolute atomic E-state index is 12.8. The number of anilines is 2. The Morgan fingerprint density at radius 1 is 1.00 bits per heavy atom. The summed E-state index contributed by atoms with van der Waals surface area (Å²) in [6.07, 6.45) is 0.288. The van der Waals surface area contributed by atoms with E-state index in [9.17, 15) is 9.59 Å². The van der Waals surface area contributed by atoms with Crippen LogP contribution in [0.3, 0.4) is 0 Å². The Morgan fingerprint density at radius 3 is 2.44 bits per heavy atom. The summed E-state index contributed by atoms with van der Waals surface area (Å²) in [5.74, 6) is 0.383. The van der Waals surface area contributed by atoms with Crippen molar-refractivity contribution in [3.05, 3.63) is 48.2 Å². The average Bonchev–Trinajstić information content (AvgIpc) is 3.06. The Hall–Kier alpha value is -3.48. The zero-order valence-corrected chi connectivity index (χ0v) is 15.3. The van der Waals surface area contributed by atoms with Gasteiger partial charge in [0.15, 0.2) is 11.5 Å². The van der Waals surface area contributed by atoms with Gasteiger partial charge in [0.05, 0.1) is 14.2 Å². The highest BCUT2D eigenvalue weighted by Gasteiger charge is 2.22. The van der Waals surface area contributed by atoms with Crippen LogP contribution in [0, 0.1) is 0 Å². The number of rotatable bonds is 6. The average molecular weight is 368 g/mol. The number of hydrogen-bond acceptors (Lipinski definition) is 5. The second-order valence-electron chi connectivity index (χ2n) is 5.73. The van der Waals surface area contributed by atoms with E-state index in [-0.39, 0.29) is 18.1 Å². The number of carbonyl (C=O) groups excluding carboxylic acids is 2. The first kappa shape index (κ1) is 18.3. The first-order valence-electron chi connectivity index (χ1n) is 8.42. The van der Waals surface area contributed by atoms with E-state index in [0.29, 0.717) is 33.8 Å². The summed E-state index contributed by atoms with van der Waals surface area (Å²) >= 11 is 0. The molecule has 2 aromatic carbocycles. The third kappa shape index (κ3) is 3.72. The van der Waals surface area contributed by atoms with Gasteiger partial charge in [-0.15, -0.1) is 0 Å². The minimum atomic E-state index is -0.482. The van der Waals surface area contributed by atoms with Crippen molar-refractivity contribution in [2.24, 2.45) is 0 Å². The van der Waals surface area contributed by atoms with Gasteiger partial charge in [-0.25, -0.2) is 0 Å². The molecule has 3 rings (SSSR count). The normalized spacial score (nSPS) is 10.5. The van der Waals surface area contributed by atoms with Crippen LogP contribution in [-0.4, -0.2) is 26.0 Å². The number of fused-ring (bicyclic) bond motifs is 1. The molecule has 7 nitrogen and oxygen atoms in total. The van der Waals surface area contributed by atoms with Gasteiger partial charge < -0.3 is 24.5 Å². The van der Waals surface area contributed by atoms with E-state index >= 15 is 0 Å². The third-order valence-electron chi connectivity index (χ3n) is 4.03. The zero-order valence-electron chi connectivity index (χ0n) is 15.3. The van der Waals surface area contributed by atoms with E-state index in [4.69, 9.17) is 13.9 Å². The summed E-state index contributed by atoms with van der Waals surface area (Å²) in [5, 5.41) is 6.17. The Bertz CT molecular complexity index is 993. The molecule has 0 unspecified atom stereocenters. The van der Waals surface area contributed by atoms with Crippen LogP contribution in [0.25, 0.3) is 11.0 Å². The smallest absolute Gasteiger partial charge is 0.293 e. The number of para-hydroxylation sites is 1. The van der Waals surface area contributed by atoms with Crippen molar-refractivity contribution in [1.29, 1.82) is 0 Å². The fourth-order valence-corrected chi connectivity index (χ4v) is 2.66. The minimum absolute atomic E-state index is 0.0350. The van der Waals surface area contributed by atoms with Gasteiger partial charge in [-0.1, -0.05) is 19.1 Å². The molecule has 0 radical (unpaired) electrons. The molecule has 2 N–H and O–H groups in total. The highest BCUT2D eigenvalue weighted by Crippen LogP contribution is 2.33. The van der Waals surface area contributed by atoms with Gasteiger partial charge in [0.1, 0.15) is 11.3 Å². The molecule has 0 aliphatic rings. The van der Waals surface area contributed by atoms with Crippen LogP contribution in [0.1, 0.15) is 23.9 Å². The molecule has 0 aliphatic carbocycles. The maximum atomic E-state index is 12.8. The number of furan rings is 1. The summed E-state index contributed by atoms with van der Waals surface area (Å²) in [6, 6.07) is 12.2. The lowest BCUT2D eigenvalue weighted by molar-refractivity contribution is -0.115. The summed E-state index contributed by atoms with van der Waals surface area (Å²) in [6.45, 7) is 1.74. The van der Waals surface area contributed by atoms with Gasteiger partial charge in [0.2, 0.25) is 11.7 Å². The molecule has 140 valence electrons. The summed E-state index contributed by atoms with van der Waals surface area (Å²) in [7, 11) is 3.05. The van der Waals surface area contributed by atoms with E-state index in [1.165, 1.54) is 14.2 Å². The molecule has 7 heteroatoms. The highest BCUT2D eigenvalue weighted by molar-refractivity contribution is 6.14. The fraction of sp³-hybridized carbons (Fsp3) is 0.200. The van der Waals surface area contributed by atoms with Crippen LogP contribution < -0.4 is 20.1 Å². The molecule has 27 heavy (non-hydrogen) atoms. The molecule has 0 saturated heterocycles. The SMILES string of the molecule is CCC(=O)Nc1c(C(=O)Nc2ccc(OC)c(OC)c2)oc2ccccc12. The van der Waals surface area contributed by atoms with Gasteiger partial charge in [-0.05, 0) is 24.3 Å². The highest BCUT2D eigenvalue weighted by atomic mass is 16.5. The van der Waals surface area contributed by atoms with Crippen molar-refractivity contribution in [2.75, 3.05) is 24.9 Å². The lowest BCUT2D eigenvalue weighted by Crippen LogP contribution is -2.16. The predicted molar refractivity (Wildman–Crippen MR) is 103 cm³/mol. The van der Waals surface area contributed by atoms with E-state index < -0.39 is 5.91 Å². The molecule has 1 heterocycles. The van der Waals surface area contributed by atoms with Crippen molar-refractivity contribution in [2.45, 2.75) is 13.3 Å². The Balaban J connectivity index is 1.95. The monoisotopic (exact) mass is 368 g/mol. The molecule has 3 aromatic rings. The van der Waals surface area contributed by atoms with Gasteiger partial charge >= 0.3 is 0 Å². The van der Waals surface area contributed by atoms with Gasteiger partial charge in [0.25, 0.3) is 5.91 Å². The van der Waals surface area contributed by atoms with Crippen LogP contribution in [0.2, 0.25) is 0 Å². The second-order valence-corrected chi connectivity index (χ2v) is 5.73. The second kappa shape index (κ2) is 7.82. The number of ether oxygens (including phenoxy) is 2. The summed E-state index contributed by atoms with van der Waals surface area (Å²) in [4.78, 5) is 24.7. The Morgan fingerprint density at radius 2 is 1.74 bits per heavy atom. The van der Waals surface area contributed by atoms with Crippen LogP contribution in [0.5, 0.6) is 11.5 Å². The summed E-state index contributed by atoms with van der Waals surface area (Å²) in [5.41, 5.74) is 1.38. The standard InChI is InChI=1S/C20H20N2O5/c1-4-17(23)22-18-13-7-5-6-8-14(13)27-19(18)20(24)21-12-9-10-15(25-2)16(11-12)26-3/h5-11H,4H2,1-3H3,(H,21,24)(H,22,23). The first-order chi connectivity index (χ1) is 13.1. The number of methoxy groups -OCH3 is 2. The van der Waals surface area contributed by atoms with Crippen molar-refractivity contribution in [3.8, 4) is 11.5 Å². The third-order valence-corrected chi connectivity index (χ3v) is 4.03. The lowest BCUT2D eigenvalue weighted by atomic mass is 10.2. The molecule has 0 spiro atoms. The molecule has 0 atom stereocenters. The van der Waals surface area contributed by atoms with Crippen LogP contribution >= 0.6 is 0 Å². The summed E-state index contributed by atoms with van der Waals surface area (Å²) < 4.78 is 16.1. The van der Waals surface area contributed by atoms with Gasteiger partial charge in [-0.3, -0.25) is 9.59 Å². The molecular formula is C20H20N2O5. The van der Waals surface area contributed by atoms with E-state index in [2.05, 4.69) is 10.6 Å². The largest absolute Gasteiger partial charge is 0.493 e. The van der Waals surface area contributed by atoms with E-state index in [1.54, 1.807) is 43.3 Å². The molecule has 0 fully saturated rings. The topological polar surface area (TPSA) is 89.8 Å². The fourth-order valence-electron chi connectivity index (χ4n) is 2.66. The molecule has 0 aliphatic heterocycles. The minimum Gasteiger partial charge on any atom is -0.493 e. The molecule has 0 bridgehead atoms. The number of amides is 2. The van der Waals surface area contributed by atoms with Crippen LogP contribution in [0.15, 0.2) is 46.9 Å². The Kier molecular flexibility index (Phi) is 5.30. The van der Waals surface area contributed by atoms with Gasteiger partial charge in [0, 0.05) is 23.6 Å². The van der Waals surface area contributed by atoms with Crippen molar-refractivity contribution in [3.63, 3.8) is 0 Å². The molecule has 2 amide bonds. The number of hydrogen-bond donors (Lipinski definition) is 2. The number of benzene rings is 2. The van der Waals surface area contributed by atoms with Gasteiger partial charge in [-0.2, -0.15) is 0 Å². The molecular weight excluding hydrogens is 348 g/mol.